The van der Waals surface area contributed by atoms with Crippen LogP contribution in [0, 0.1) is 29.6 Å². The first-order valence-corrected chi connectivity index (χ1v) is 7.26. The molecule has 0 radical (unpaired) electrons. The van der Waals surface area contributed by atoms with E-state index in [2.05, 4.69) is 16.0 Å². The van der Waals surface area contributed by atoms with Gasteiger partial charge in [-0.05, 0) is 24.1 Å². The first-order chi connectivity index (χ1) is 10.1. The van der Waals surface area contributed by atoms with E-state index in [-0.39, 0.29) is 11.4 Å². The molecule has 7 heteroatoms. The SMILES string of the molecule is Cc1c(C#N)c(N)nc(SCc2ccc(Cl)nc2)c1C#N. The number of pyridine rings is 2. The molecule has 0 aliphatic carbocycles. The minimum absolute atomic E-state index is 0.144. The lowest BCUT2D eigenvalue weighted by Crippen LogP contribution is -2.03. The van der Waals surface area contributed by atoms with Crippen LogP contribution in [0.1, 0.15) is 22.3 Å². The number of nitrogens with zero attached hydrogens (tertiary/aromatic N) is 4. The molecule has 2 N–H and O–H groups in total. The lowest BCUT2D eigenvalue weighted by molar-refractivity contribution is 1.08. The number of nitriles is 2. The Morgan fingerprint density at radius 2 is 2.00 bits per heavy atom. The molecule has 0 atom stereocenters. The van der Waals surface area contributed by atoms with Crippen molar-refractivity contribution in [3.05, 3.63) is 45.7 Å². The van der Waals surface area contributed by atoms with E-state index in [4.69, 9.17) is 22.6 Å². The smallest absolute Gasteiger partial charge is 0.143 e. The van der Waals surface area contributed by atoms with E-state index in [0.29, 0.717) is 27.1 Å². The van der Waals surface area contributed by atoms with Crippen molar-refractivity contribution in [2.75, 3.05) is 5.73 Å². The number of aromatic nitrogens is 2. The Morgan fingerprint density at radius 3 is 2.57 bits per heavy atom. The van der Waals surface area contributed by atoms with E-state index in [1.165, 1.54) is 11.8 Å². The Balaban J connectivity index is 2.31. The van der Waals surface area contributed by atoms with Crippen LogP contribution in [0.2, 0.25) is 5.15 Å². The van der Waals surface area contributed by atoms with E-state index < -0.39 is 0 Å². The van der Waals surface area contributed by atoms with Crippen molar-refractivity contribution >= 4 is 29.2 Å². The lowest BCUT2D eigenvalue weighted by Gasteiger charge is -2.09. The second-order valence-corrected chi connectivity index (χ2v) is 5.53. The van der Waals surface area contributed by atoms with Gasteiger partial charge in [0.2, 0.25) is 0 Å². The van der Waals surface area contributed by atoms with Crippen molar-refractivity contribution in [1.82, 2.24) is 9.97 Å². The van der Waals surface area contributed by atoms with Crippen LogP contribution in [0.25, 0.3) is 0 Å². The van der Waals surface area contributed by atoms with Crippen LogP contribution in [-0.4, -0.2) is 9.97 Å². The van der Waals surface area contributed by atoms with E-state index in [1.54, 1.807) is 19.2 Å². The quantitative estimate of drug-likeness (QED) is 0.690. The zero-order chi connectivity index (χ0) is 15.4. The van der Waals surface area contributed by atoms with Gasteiger partial charge in [-0.15, -0.1) is 11.8 Å². The molecule has 2 heterocycles. The molecule has 0 saturated heterocycles. The van der Waals surface area contributed by atoms with Gasteiger partial charge in [0.1, 0.15) is 28.1 Å². The standard InChI is InChI=1S/C14H10ClN5S/c1-8-10(4-16)13(18)20-14(11(8)5-17)21-7-9-2-3-12(15)19-6-9/h2-3,6H,7H2,1H3,(H2,18,20). The number of anilines is 1. The van der Waals surface area contributed by atoms with Crippen molar-refractivity contribution in [2.24, 2.45) is 0 Å². The predicted molar refractivity (Wildman–Crippen MR) is 81.6 cm³/mol. The van der Waals surface area contributed by atoms with Crippen molar-refractivity contribution in [2.45, 2.75) is 17.7 Å². The van der Waals surface area contributed by atoms with Crippen molar-refractivity contribution < 1.29 is 0 Å². The summed E-state index contributed by atoms with van der Waals surface area (Å²) in [5.74, 6) is 0.724. The summed E-state index contributed by atoms with van der Waals surface area (Å²) >= 11 is 7.10. The van der Waals surface area contributed by atoms with Gasteiger partial charge in [0.25, 0.3) is 0 Å². The predicted octanol–water partition coefficient (Wildman–Crippen LogP) is 3.06. The summed E-state index contributed by atoms with van der Waals surface area (Å²) in [6, 6.07) is 7.62. The van der Waals surface area contributed by atoms with E-state index >= 15 is 0 Å². The fraction of sp³-hybridized carbons (Fsp3) is 0.143. The first kappa shape index (κ1) is 15.1. The molecule has 5 nitrogen and oxygen atoms in total. The van der Waals surface area contributed by atoms with Gasteiger partial charge in [0.05, 0.1) is 11.1 Å². The van der Waals surface area contributed by atoms with E-state index in [1.807, 2.05) is 12.1 Å². The largest absolute Gasteiger partial charge is 0.383 e. The molecule has 0 amide bonds. The van der Waals surface area contributed by atoms with Crippen LogP contribution in [0.3, 0.4) is 0 Å². The molecule has 2 aromatic rings. The highest BCUT2D eigenvalue weighted by molar-refractivity contribution is 7.98. The van der Waals surface area contributed by atoms with Crippen molar-refractivity contribution in [3.8, 4) is 12.1 Å². The maximum atomic E-state index is 9.26. The second kappa shape index (κ2) is 6.45. The Labute approximate surface area is 131 Å². The minimum Gasteiger partial charge on any atom is -0.383 e. The highest BCUT2D eigenvalue weighted by Gasteiger charge is 2.15. The van der Waals surface area contributed by atoms with Crippen molar-refractivity contribution in [3.63, 3.8) is 0 Å². The number of hydrogen-bond acceptors (Lipinski definition) is 6. The monoisotopic (exact) mass is 315 g/mol. The van der Waals surface area contributed by atoms with Crippen LogP contribution in [0.4, 0.5) is 5.82 Å². The summed E-state index contributed by atoms with van der Waals surface area (Å²) < 4.78 is 0. The lowest BCUT2D eigenvalue weighted by atomic mass is 10.1. The molecular weight excluding hydrogens is 306 g/mol. The summed E-state index contributed by atoms with van der Waals surface area (Å²) in [6.07, 6.45) is 1.67. The van der Waals surface area contributed by atoms with E-state index in [9.17, 15) is 5.26 Å². The van der Waals surface area contributed by atoms with Crippen LogP contribution in [0.15, 0.2) is 23.4 Å². The zero-order valence-electron chi connectivity index (χ0n) is 11.1. The number of nitrogen functional groups attached to an aromatic ring is 1. The molecule has 0 saturated carbocycles. The Kier molecular flexibility index (Phi) is 4.64. The number of nitrogens with two attached hydrogens (primary N) is 1. The summed E-state index contributed by atoms with van der Waals surface area (Å²) in [5.41, 5.74) is 7.91. The molecule has 0 fully saturated rings. The topological polar surface area (TPSA) is 99.4 Å². The van der Waals surface area contributed by atoms with Crippen LogP contribution in [-0.2, 0) is 5.75 Å². The molecule has 0 aliphatic rings. The van der Waals surface area contributed by atoms with Gasteiger partial charge in [-0.3, -0.25) is 0 Å². The summed E-state index contributed by atoms with van der Waals surface area (Å²) in [6.45, 7) is 1.70. The maximum absolute atomic E-state index is 9.26. The fourth-order valence-electron chi connectivity index (χ4n) is 1.72. The maximum Gasteiger partial charge on any atom is 0.143 e. The number of thioether (sulfide) groups is 1. The van der Waals surface area contributed by atoms with Gasteiger partial charge in [0, 0.05) is 11.9 Å². The first-order valence-electron chi connectivity index (χ1n) is 5.90. The molecular formula is C14H10ClN5S. The van der Waals surface area contributed by atoms with Crippen molar-refractivity contribution in [1.29, 1.82) is 10.5 Å². The third kappa shape index (κ3) is 3.25. The van der Waals surface area contributed by atoms with Crippen LogP contribution in [0.5, 0.6) is 0 Å². The third-order valence-electron chi connectivity index (χ3n) is 2.83. The fourth-order valence-corrected chi connectivity index (χ4v) is 2.81. The van der Waals surface area contributed by atoms with Crippen LogP contribution < -0.4 is 5.73 Å². The molecule has 0 spiro atoms. The Bertz CT molecular complexity index is 759. The highest BCUT2D eigenvalue weighted by atomic mass is 35.5. The van der Waals surface area contributed by atoms with Gasteiger partial charge >= 0.3 is 0 Å². The summed E-state index contributed by atoms with van der Waals surface area (Å²) in [7, 11) is 0. The molecule has 2 rings (SSSR count). The molecule has 21 heavy (non-hydrogen) atoms. The number of hydrogen-bond donors (Lipinski definition) is 1. The number of halogens is 1. The van der Waals surface area contributed by atoms with Gasteiger partial charge in [-0.25, -0.2) is 9.97 Å². The molecule has 2 aromatic heterocycles. The molecule has 0 aromatic carbocycles. The summed E-state index contributed by atoms with van der Waals surface area (Å²) in [5, 5.41) is 19.2. The minimum atomic E-state index is 0.144. The Hall–Kier alpha value is -2.28. The molecule has 0 bridgehead atoms. The third-order valence-corrected chi connectivity index (χ3v) is 4.10. The van der Waals surface area contributed by atoms with Gasteiger partial charge < -0.3 is 5.73 Å². The second-order valence-electron chi connectivity index (χ2n) is 4.18. The molecule has 0 aliphatic heterocycles. The average Bonchev–Trinajstić information content (AvgIpc) is 2.47. The highest BCUT2D eigenvalue weighted by Crippen LogP contribution is 2.29. The normalized spacial score (nSPS) is 9.90. The number of rotatable bonds is 3. The van der Waals surface area contributed by atoms with E-state index in [0.717, 1.165) is 5.56 Å². The van der Waals surface area contributed by atoms with Gasteiger partial charge in [-0.2, -0.15) is 10.5 Å². The molecule has 104 valence electrons. The van der Waals surface area contributed by atoms with Gasteiger partial charge in [-0.1, -0.05) is 17.7 Å². The van der Waals surface area contributed by atoms with Crippen LogP contribution >= 0.6 is 23.4 Å². The zero-order valence-corrected chi connectivity index (χ0v) is 12.7. The average molecular weight is 316 g/mol. The Morgan fingerprint density at radius 1 is 1.29 bits per heavy atom. The molecule has 0 unspecified atom stereocenters. The summed E-state index contributed by atoms with van der Waals surface area (Å²) in [4.78, 5) is 8.15. The van der Waals surface area contributed by atoms with Gasteiger partial charge in [0.15, 0.2) is 0 Å².